The van der Waals surface area contributed by atoms with Crippen LogP contribution in [0.15, 0.2) is 16.5 Å². The van der Waals surface area contributed by atoms with Crippen LogP contribution in [-0.2, 0) is 6.54 Å². The Balaban J connectivity index is 1.70. The second kappa shape index (κ2) is 4.81. The maximum absolute atomic E-state index is 5.50. The van der Waals surface area contributed by atoms with E-state index in [0.29, 0.717) is 6.04 Å². The Morgan fingerprint density at radius 2 is 2.40 bits per heavy atom. The lowest BCUT2D eigenvalue weighted by Crippen LogP contribution is -2.30. The third kappa shape index (κ3) is 2.83. The zero-order chi connectivity index (χ0) is 10.7. The van der Waals surface area contributed by atoms with E-state index in [4.69, 9.17) is 4.42 Å². The zero-order valence-corrected chi connectivity index (χ0v) is 9.55. The summed E-state index contributed by atoms with van der Waals surface area (Å²) in [6.45, 7) is 7.32. The molecule has 1 fully saturated rings. The summed E-state index contributed by atoms with van der Waals surface area (Å²) in [5.41, 5.74) is 0. The van der Waals surface area contributed by atoms with E-state index >= 15 is 0 Å². The van der Waals surface area contributed by atoms with Crippen LogP contribution in [0, 0.1) is 12.8 Å². The lowest BCUT2D eigenvalue weighted by Gasteiger charge is -2.14. The maximum Gasteiger partial charge on any atom is 0.117 e. The highest BCUT2D eigenvalue weighted by Crippen LogP contribution is 2.14. The Bertz CT molecular complexity index is 308. The van der Waals surface area contributed by atoms with Gasteiger partial charge < -0.3 is 15.1 Å². The molecule has 1 aliphatic heterocycles. The van der Waals surface area contributed by atoms with Gasteiger partial charge in [-0.25, -0.2) is 0 Å². The van der Waals surface area contributed by atoms with Crippen LogP contribution in [0.25, 0.3) is 0 Å². The standard InChI is InChI=1S/C12H20N2O/c1-9-3-4-12(15-9)8-13-7-11-5-6-14-10(11)2/h3-4,10-11,13-14H,5-8H2,1-2H3. The molecule has 2 heterocycles. The monoisotopic (exact) mass is 208 g/mol. The molecule has 15 heavy (non-hydrogen) atoms. The average Bonchev–Trinajstić information content (AvgIpc) is 2.77. The van der Waals surface area contributed by atoms with Crippen molar-refractivity contribution in [1.82, 2.24) is 10.6 Å². The van der Waals surface area contributed by atoms with Crippen molar-refractivity contribution in [2.75, 3.05) is 13.1 Å². The van der Waals surface area contributed by atoms with E-state index in [1.54, 1.807) is 0 Å². The summed E-state index contributed by atoms with van der Waals surface area (Å²) in [6.07, 6.45) is 1.28. The smallest absolute Gasteiger partial charge is 0.117 e. The molecule has 2 atom stereocenters. The minimum absolute atomic E-state index is 0.649. The minimum Gasteiger partial charge on any atom is -0.465 e. The Kier molecular flexibility index (Phi) is 3.44. The van der Waals surface area contributed by atoms with Crippen molar-refractivity contribution < 1.29 is 4.42 Å². The predicted octanol–water partition coefficient (Wildman–Crippen LogP) is 1.68. The summed E-state index contributed by atoms with van der Waals surface area (Å²) in [4.78, 5) is 0. The van der Waals surface area contributed by atoms with E-state index in [1.165, 1.54) is 6.42 Å². The van der Waals surface area contributed by atoms with Crippen molar-refractivity contribution in [3.63, 3.8) is 0 Å². The van der Waals surface area contributed by atoms with Crippen LogP contribution >= 0.6 is 0 Å². The Hall–Kier alpha value is -0.800. The van der Waals surface area contributed by atoms with Crippen molar-refractivity contribution in [3.8, 4) is 0 Å². The molecular weight excluding hydrogens is 188 g/mol. The van der Waals surface area contributed by atoms with Crippen molar-refractivity contribution in [3.05, 3.63) is 23.7 Å². The molecule has 0 saturated carbocycles. The second-order valence-corrected chi connectivity index (χ2v) is 4.43. The topological polar surface area (TPSA) is 37.2 Å². The summed E-state index contributed by atoms with van der Waals surface area (Å²) >= 11 is 0. The summed E-state index contributed by atoms with van der Waals surface area (Å²) in [5.74, 6) is 2.79. The molecule has 0 radical (unpaired) electrons. The first-order valence-electron chi connectivity index (χ1n) is 5.75. The van der Waals surface area contributed by atoms with Gasteiger partial charge in [-0.05, 0) is 51.4 Å². The Morgan fingerprint density at radius 1 is 1.53 bits per heavy atom. The highest BCUT2D eigenvalue weighted by Gasteiger charge is 2.21. The maximum atomic E-state index is 5.50. The molecule has 2 rings (SSSR count). The number of nitrogens with one attached hydrogen (secondary N) is 2. The molecule has 2 N–H and O–H groups in total. The van der Waals surface area contributed by atoms with Gasteiger partial charge in [0.25, 0.3) is 0 Å². The number of furan rings is 1. The van der Waals surface area contributed by atoms with Gasteiger partial charge >= 0.3 is 0 Å². The molecule has 0 spiro atoms. The zero-order valence-electron chi connectivity index (χ0n) is 9.55. The second-order valence-electron chi connectivity index (χ2n) is 4.43. The van der Waals surface area contributed by atoms with E-state index in [2.05, 4.69) is 17.6 Å². The van der Waals surface area contributed by atoms with Gasteiger partial charge in [0.15, 0.2) is 0 Å². The van der Waals surface area contributed by atoms with Crippen LogP contribution < -0.4 is 10.6 Å². The van der Waals surface area contributed by atoms with E-state index < -0.39 is 0 Å². The molecular formula is C12H20N2O. The van der Waals surface area contributed by atoms with Gasteiger partial charge in [0.05, 0.1) is 6.54 Å². The highest BCUT2D eigenvalue weighted by atomic mass is 16.3. The van der Waals surface area contributed by atoms with Crippen molar-refractivity contribution in [2.24, 2.45) is 5.92 Å². The van der Waals surface area contributed by atoms with E-state index in [1.807, 2.05) is 19.1 Å². The quantitative estimate of drug-likeness (QED) is 0.790. The third-order valence-electron chi connectivity index (χ3n) is 3.19. The number of hydrogen-bond donors (Lipinski definition) is 2. The van der Waals surface area contributed by atoms with Crippen molar-refractivity contribution in [1.29, 1.82) is 0 Å². The summed E-state index contributed by atoms with van der Waals surface area (Å²) < 4.78 is 5.50. The number of rotatable bonds is 4. The molecule has 1 aromatic rings. The Labute approximate surface area is 91.2 Å². The molecule has 1 aromatic heterocycles. The van der Waals surface area contributed by atoms with Crippen molar-refractivity contribution >= 4 is 0 Å². The van der Waals surface area contributed by atoms with Gasteiger partial charge in [-0.3, -0.25) is 0 Å². The third-order valence-corrected chi connectivity index (χ3v) is 3.19. The molecule has 0 amide bonds. The molecule has 3 nitrogen and oxygen atoms in total. The molecule has 1 aliphatic rings. The molecule has 2 unspecified atom stereocenters. The fraction of sp³-hybridized carbons (Fsp3) is 0.667. The van der Waals surface area contributed by atoms with Crippen LogP contribution in [-0.4, -0.2) is 19.1 Å². The fourth-order valence-corrected chi connectivity index (χ4v) is 2.15. The first-order valence-corrected chi connectivity index (χ1v) is 5.75. The summed E-state index contributed by atoms with van der Waals surface area (Å²) in [6, 6.07) is 4.70. The summed E-state index contributed by atoms with van der Waals surface area (Å²) in [5, 5.41) is 6.91. The van der Waals surface area contributed by atoms with Crippen LogP contribution in [0.1, 0.15) is 24.9 Å². The van der Waals surface area contributed by atoms with E-state index in [9.17, 15) is 0 Å². The molecule has 84 valence electrons. The van der Waals surface area contributed by atoms with Crippen LogP contribution in [0.2, 0.25) is 0 Å². The molecule has 0 bridgehead atoms. The van der Waals surface area contributed by atoms with Gasteiger partial charge in [0.2, 0.25) is 0 Å². The summed E-state index contributed by atoms with van der Waals surface area (Å²) in [7, 11) is 0. The average molecular weight is 208 g/mol. The SMILES string of the molecule is Cc1ccc(CNCC2CCNC2C)o1. The van der Waals surface area contributed by atoms with E-state index in [-0.39, 0.29) is 0 Å². The van der Waals surface area contributed by atoms with Gasteiger partial charge in [0.1, 0.15) is 11.5 Å². The normalized spacial score (nSPS) is 26.0. The number of aryl methyl sites for hydroxylation is 1. The van der Waals surface area contributed by atoms with Gasteiger partial charge in [0, 0.05) is 6.04 Å². The van der Waals surface area contributed by atoms with Crippen LogP contribution in [0.5, 0.6) is 0 Å². The van der Waals surface area contributed by atoms with Crippen LogP contribution in [0.3, 0.4) is 0 Å². The van der Waals surface area contributed by atoms with Gasteiger partial charge in [-0.15, -0.1) is 0 Å². The number of hydrogen-bond acceptors (Lipinski definition) is 3. The van der Waals surface area contributed by atoms with Gasteiger partial charge in [-0.1, -0.05) is 0 Å². The molecule has 3 heteroatoms. The predicted molar refractivity (Wildman–Crippen MR) is 60.7 cm³/mol. The molecule has 1 saturated heterocycles. The van der Waals surface area contributed by atoms with E-state index in [0.717, 1.165) is 37.1 Å². The molecule has 0 aliphatic carbocycles. The lowest BCUT2D eigenvalue weighted by atomic mass is 10.0. The lowest BCUT2D eigenvalue weighted by molar-refractivity contribution is 0.411. The van der Waals surface area contributed by atoms with Gasteiger partial charge in [-0.2, -0.15) is 0 Å². The fourth-order valence-electron chi connectivity index (χ4n) is 2.15. The minimum atomic E-state index is 0.649. The highest BCUT2D eigenvalue weighted by molar-refractivity contribution is 5.05. The van der Waals surface area contributed by atoms with Crippen LogP contribution in [0.4, 0.5) is 0 Å². The van der Waals surface area contributed by atoms with Crippen molar-refractivity contribution in [2.45, 2.75) is 32.9 Å². The first kappa shape index (κ1) is 10.7. The molecule has 0 aromatic carbocycles. The Morgan fingerprint density at radius 3 is 3.00 bits per heavy atom. The largest absolute Gasteiger partial charge is 0.465 e. The first-order chi connectivity index (χ1) is 7.25.